The molecule has 6 heteroatoms. The second-order valence-corrected chi connectivity index (χ2v) is 6.08. The third-order valence-corrected chi connectivity index (χ3v) is 4.14. The zero-order chi connectivity index (χ0) is 18.0. The molecule has 2 aromatic rings. The van der Waals surface area contributed by atoms with Crippen molar-refractivity contribution < 1.29 is 14.4 Å². The predicted octanol–water partition coefficient (Wildman–Crippen LogP) is 1.87. The summed E-state index contributed by atoms with van der Waals surface area (Å²) in [6.07, 6.45) is 0.00121. The Balaban J connectivity index is 1.70. The fraction of sp³-hybridized carbons (Fsp3) is 0.211. The third-order valence-electron chi connectivity index (χ3n) is 4.14. The van der Waals surface area contributed by atoms with Crippen molar-refractivity contribution in [3.8, 4) is 0 Å². The van der Waals surface area contributed by atoms with Gasteiger partial charge in [0.1, 0.15) is 6.04 Å². The Bertz CT molecular complexity index is 833. The molecular weight excluding hydrogens is 318 g/mol. The highest BCUT2D eigenvalue weighted by atomic mass is 16.2. The monoisotopic (exact) mass is 337 g/mol. The summed E-state index contributed by atoms with van der Waals surface area (Å²) in [5, 5.41) is 0. The van der Waals surface area contributed by atoms with Crippen LogP contribution in [0.3, 0.4) is 0 Å². The highest BCUT2D eigenvalue weighted by Crippen LogP contribution is 2.26. The second kappa shape index (κ2) is 6.86. The van der Waals surface area contributed by atoms with Gasteiger partial charge in [0.25, 0.3) is 11.8 Å². The van der Waals surface area contributed by atoms with E-state index < -0.39 is 6.04 Å². The zero-order valence-corrected chi connectivity index (χ0v) is 14.1. The Labute approximate surface area is 145 Å². The summed E-state index contributed by atoms with van der Waals surface area (Å²) in [5.74, 6) is -1.01. The molecule has 3 amide bonds. The average Bonchev–Trinajstić information content (AvgIpc) is 2.88. The van der Waals surface area contributed by atoms with Gasteiger partial charge in [-0.1, -0.05) is 35.9 Å². The largest absolute Gasteiger partial charge is 0.287 e. The minimum absolute atomic E-state index is 0.00121. The molecule has 0 aromatic heterocycles. The number of hydrogen-bond donors (Lipinski definition) is 2. The molecular formula is C19H19N3O3. The normalized spacial score (nSPS) is 17.0. The van der Waals surface area contributed by atoms with Gasteiger partial charge < -0.3 is 0 Å². The topological polar surface area (TPSA) is 78.5 Å². The molecule has 1 atom stereocenters. The maximum atomic E-state index is 12.6. The van der Waals surface area contributed by atoms with E-state index in [2.05, 4.69) is 10.9 Å². The first-order chi connectivity index (χ1) is 12.0. The Morgan fingerprint density at radius 3 is 2.48 bits per heavy atom. The van der Waals surface area contributed by atoms with Crippen molar-refractivity contribution in [1.29, 1.82) is 0 Å². The first kappa shape index (κ1) is 16.9. The summed E-state index contributed by atoms with van der Waals surface area (Å²) < 4.78 is 0. The van der Waals surface area contributed by atoms with Gasteiger partial charge in [-0.2, -0.15) is 0 Å². The van der Waals surface area contributed by atoms with Gasteiger partial charge in [0.15, 0.2) is 0 Å². The number of imide groups is 1. The van der Waals surface area contributed by atoms with E-state index in [-0.39, 0.29) is 24.1 Å². The molecule has 1 fully saturated rings. The summed E-state index contributed by atoms with van der Waals surface area (Å²) >= 11 is 0. The molecule has 0 saturated carbocycles. The van der Waals surface area contributed by atoms with E-state index in [1.54, 1.807) is 30.3 Å². The molecule has 128 valence electrons. The van der Waals surface area contributed by atoms with Crippen molar-refractivity contribution in [2.45, 2.75) is 26.3 Å². The maximum absolute atomic E-state index is 12.6. The van der Waals surface area contributed by atoms with Crippen LogP contribution in [0.5, 0.6) is 0 Å². The van der Waals surface area contributed by atoms with Gasteiger partial charge in [0, 0.05) is 5.56 Å². The molecule has 1 aliphatic heterocycles. The number of nitrogens with one attached hydrogen (secondary N) is 2. The molecule has 25 heavy (non-hydrogen) atoms. The van der Waals surface area contributed by atoms with Gasteiger partial charge in [-0.05, 0) is 37.6 Å². The molecule has 2 aromatic carbocycles. The molecule has 0 bridgehead atoms. The molecule has 0 unspecified atom stereocenters. The van der Waals surface area contributed by atoms with E-state index in [0.29, 0.717) is 11.3 Å². The summed E-state index contributed by atoms with van der Waals surface area (Å²) in [6, 6.07) is 13.4. The van der Waals surface area contributed by atoms with Crippen LogP contribution in [-0.2, 0) is 9.59 Å². The first-order valence-corrected chi connectivity index (χ1v) is 8.02. The van der Waals surface area contributed by atoms with Crippen LogP contribution in [-0.4, -0.2) is 23.8 Å². The van der Waals surface area contributed by atoms with Crippen LogP contribution in [0.4, 0.5) is 5.69 Å². The zero-order valence-electron chi connectivity index (χ0n) is 14.1. The van der Waals surface area contributed by atoms with Gasteiger partial charge in [-0.15, -0.1) is 0 Å². The number of nitrogens with zero attached hydrogens (tertiary/aromatic N) is 1. The number of benzene rings is 2. The van der Waals surface area contributed by atoms with Gasteiger partial charge in [-0.3, -0.25) is 19.8 Å². The molecule has 1 saturated heterocycles. The predicted molar refractivity (Wildman–Crippen MR) is 93.9 cm³/mol. The van der Waals surface area contributed by atoms with E-state index in [0.717, 1.165) is 11.1 Å². The molecule has 2 N–H and O–H groups in total. The highest BCUT2D eigenvalue weighted by molar-refractivity contribution is 6.22. The lowest BCUT2D eigenvalue weighted by molar-refractivity contribution is -0.121. The Morgan fingerprint density at radius 2 is 1.80 bits per heavy atom. The van der Waals surface area contributed by atoms with Crippen molar-refractivity contribution in [1.82, 2.24) is 10.9 Å². The second-order valence-electron chi connectivity index (χ2n) is 6.08. The van der Waals surface area contributed by atoms with Crippen LogP contribution in [0, 0.1) is 13.8 Å². The average molecular weight is 337 g/mol. The molecule has 0 spiro atoms. The maximum Gasteiger partial charge on any atom is 0.265 e. The van der Waals surface area contributed by atoms with Crippen LogP contribution in [0.1, 0.15) is 27.9 Å². The van der Waals surface area contributed by atoms with Crippen molar-refractivity contribution in [3.63, 3.8) is 0 Å². The SMILES string of the molecule is Cc1ccc(N2C(=O)C[C@@H](NNC(=O)c3ccccc3)C2=O)c(C)c1. The van der Waals surface area contributed by atoms with Crippen LogP contribution >= 0.6 is 0 Å². The van der Waals surface area contributed by atoms with Gasteiger partial charge in [0.2, 0.25) is 5.91 Å². The molecule has 0 aliphatic carbocycles. The number of anilines is 1. The van der Waals surface area contributed by atoms with E-state index >= 15 is 0 Å². The Hall–Kier alpha value is -2.99. The van der Waals surface area contributed by atoms with Crippen molar-refractivity contribution in [3.05, 3.63) is 65.2 Å². The fourth-order valence-corrected chi connectivity index (χ4v) is 2.87. The molecule has 3 rings (SSSR count). The number of aryl methyl sites for hydroxylation is 2. The van der Waals surface area contributed by atoms with Gasteiger partial charge >= 0.3 is 0 Å². The summed E-state index contributed by atoms with van der Waals surface area (Å²) in [7, 11) is 0. The van der Waals surface area contributed by atoms with Crippen molar-refractivity contribution in [2.75, 3.05) is 4.90 Å². The summed E-state index contributed by atoms with van der Waals surface area (Å²) in [4.78, 5) is 38.1. The van der Waals surface area contributed by atoms with E-state index in [1.807, 2.05) is 32.0 Å². The molecule has 1 heterocycles. The van der Waals surface area contributed by atoms with Crippen LogP contribution in [0.2, 0.25) is 0 Å². The smallest absolute Gasteiger partial charge is 0.265 e. The third kappa shape index (κ3) is 3.44. The lowest BCUT2D eigenvalue weighted by Gasteiger charge is -2.18. The van der Waals surface area contributed by atoms with Crippen LogP contribution < -0.4 is 15.8 Å². The lowest BCUT2D eigenvalue weighted by atomic mass is 10.1. The minimum atomic E-state index is -0.777. The minimum Gasteiger partial charge on any atom is -0.287 e. The quantitative estimate of drug-likeness (QED) is 0.659. The summed E-state index contributed by atoms with van der Waals surface area (Å²) in [5.41, 5.74) is 8.15. The van der Waals surface area contributed by atoms with Crippen molar-refractivity contribution >= 4 is 23.4 Å². The van der Waals surface area contributed by atoms with Crippen LogP contribution in [0.25, 0.3) is 0 Å². The van der Waals surface area contributed by atoms with E-state index in [4.69, 9.17) is 0 Å². The number of hydrazine groups is 1. The molecule has 0 radical (unpaired) electrons. The number of amides is 3. The van der Waals surface area contributed by atoms with Crippen LogP contribution in [0.15, 0.2) is 48.5 Å². The number of rotatable bonds is 4. The lowest BCUT2D eigenvalue weighted by Crippen LogP contribution is -2.48. The highest BCUT2D eigenvalue weighted by Gasteiger charge is 2.40. The van der Waals surface area contributed by atoms with E-state index in [9.17, 15) is 14.4 Å². The number of carbonyl (C=O) groups is 3. The van der Waals surface area contributed by atoms with Gasteiger partial charge in [-0.25, -0.2) is 10.3 Å². The van der Waals surface area contributed by atoms with E-state index in [1.165, 1.54) is 4.90 Å². The molecule has 1 aliphatic rings. The van der Waals surface area contributed by atoms with Gasteiger partial charge in [0.05, 0.1) is 12.1 Å². The van der Waals surface area contributed by atoms with Crippen molar-refractivity contribution in [2.24, 2.45) is 0 Å². The Morgan fingerprint density at radius 1 is 1.08 bits per heavy atom. The fourth-order valence-electron chi connectivity index (χ4n) is 2.87. The number of carbonyl (C=O) groups excluding carboxylic acids is 3. The Kier molecular flexibility index (Phi) is 4.63. The standard InChI is InChI=1S/C19H19N3O3/c1-12-8-9-16(13(2)10-12)22-17(23)11-15(19(22)25)20-21-18(24)14-6-4-3-5-7-14/h3-10,15,20H,11H2,1-2H3,(H,21,24)/t15-/m1/s1. The summed E-state index contributed by atoms with van der Waals surface area (Å²) in [6.45, 7) is 3.81. The molecule has 6 nitrogen and oxygen atoms in total. The number of hydrogen-bond acceptors (Lipinski definition) is 4. The first-order valence-electron chi connectivity index (χ1n) is 8.02.